The van der Waals surface area contributed by atoms with Crippen molar-refractivity contribution in [1.29, 1.82) is 0 Å². The first-order chi connectivity index (χ1) is 12.2. The number of ether oxygens (including phenoxy) is 2. The molecule has 0 saturated heterocycles. The summed E-state index contributed by atoms with van der Waals surface area (Å²) < 4.78 is 11.1. The Morgan fingerprint density at radius 2 is 1.84 bits per heavy atom. The van der Waals surface area contributed by atoms with Crippen LogP contribution in [0.15, 0.2) is 66.9 Å². The summed E-state index contributed by atoms with van der Waals surface area (Å²) in [4.78, 5) is 16.0. The molecular weight excluding hydrogens is 314 g/mol. The Morgan fingerprint density at radius 1 is 1.04 bits per heavy atom. The van der Waals surface area contributed by atoms with Crippen LogP contribution in [0.1, 0.15) is 22.8 Å². The minimum Gasteiger partial charge on any atom is -0.496 e. The number of hydrogen-bond acceptors (Lipinski definition) is 4. The van der Waals surface area contributed by atoms with E-state index < -0.39 is 0 Å². The van der Waals surface area contributed by atoms with Crippen LogP contribution in [0.3, 0.4) is 0 Å². The van der Waals surface area contributed by atoms with Crippen molar-refractivity contribution in [2.75, 3.05) is 7.11 Å². The number of Topliss-reactive ketones (excluding diaryl/α,β-unsaturated/α-hetero) is 1. The number of hydrogen-bond donors (Lipinski definition) is 0. The number of benzene rings is 2. The molecule has 4 nitrogen and oxygen atoms in total. The Hall–Kier alpha value is -3.14. The molecule has 0 radical (unpaired) electrons. The van der Waals surface area contributed by atoms with Crippen LogP contribution in [0.5, 0.6) is 11.6 Å². The number of methoxy groups -OCH3 is 1. The molecule has 0 N–H and O–H groups in total. The van der Waals surface area contributed by atoms with Gasteiger partial charge in [0.25, 0.3) is 0 Å². The van der Waals surface area contributed by atoms with Gasteiger partial charge in [-0.25, -0.2) is 4.98 Å². The summed E-state index contributed by atoms with van der Waals surface area (Å²) in [5.74, 6) is 1.26. The van der Waals surface area contributed by atoms with E-state index in [1.807, 2.05) is 48.5 Å². The average Bonchev–Trinajstić information content (AvgIpc) is 2.67. The molecule has 25 heavy (non-hydrogen) atoms. The number of rotatable bonds is 6. The molecule has 3 aromatic rings. The minimum atomic E-state index is 0.0136. The van der Waals surface area contributed by atoms with Crippen molar-refractivity contribution >= 4 is 5.78 Å². The molecule has 4 heteroatoms. The summed E-state index contributed by atoms with van der Waals surface area (Å²) in [5.41, 5.74) is 3.42. The zero-order valence-corrected chi connectivity index (χ0v) is 14.2. The molecule has 0 atom stereocenters. The van der Waals surface area contributed by atoms with Crippen LogP contribution in [0.4, 0.5) is 0 Å². The number of nitrogens with zero attached hydrogens (tertiary/aromatic N) is 1. The summed E-state index contributed by atoms with van der Waals surface area (Å²) in [5, 5.41) is 0. The molecular formula is C21H19NO3. The summed E-state index contributed by atoms with van der Waals surface area (Å²) in [7, 11) is 1.61. The van der Waals surface area contributed by atoms with Crippen LogP contribution < -0.4 is 9.47 Å². The zero-order valence-electron chi connectivity index (χ0n) is 14.2. The summed E-state index contributed by atoms with van der Waals surface area (Å²) in [6, 6.07) is 19.0. The third kappa shape index (κ3) is 4.04. The second-order valence-electron chi connectivity index (χ2n) is 5.63. The van der Waals surface area contributed by atoms with Crippen molar-refractivity contribution in [1.82, 2.24) is 4.98 Å². The average molecular weight is 333 g/mol. The van der Waals surface area contributed by atoms with Gasteiger partial charge in [-0.2, -0.15) is 0 Å². The van der Waals surface area contributed by atoms with Gasteiger partial charge in [-0.3, -0.25) is 4.79 Å². The lowest BCUT2D eigenvalue weighted by molar-refractivity contribution is 0.101. The van der Waals surface area contributed by atoms with Crippen LogP contribution in [0, 0.1) is 0 Å². The molecule has 0 spiro atoms. The standard InChI is InChI=1S/C21H19NO3/c1-15(23)17-8-10-20(24-2)19(12-17)18-9-11-21(22-13-18)25-14-16-6-4-3-5-7-16/h3-13H,14H2,1-2H3. The highest BCUT2D eigenvalue weighted by atomic mass is 16.5. The van der Waals surface area contributed by atoms with E-state index in [-0.39, 0.29) is 5.78 Å². The first-order valence-electron chi connectivity index (χ1n) is 7.99. The highest BCUT2D eigenvalue weighted by Gasteiger charge is 2.10. The highest BCUT2D eigenvalue weighted by Crippen LogP contribution is 2.31. The lowest BCUT2D eigenvalue weighted by Gasteiger charge is -2.11. The van der Waals surface area contributed by atoms with Crippen molar-refractivity contribution in [3.05, 3.63) is 78.0 Å². The molecule has 0 amide bonds. The topological polar surface area (TPSA) is 48.4 Å². The molecule has 1 aromatic heterocycles. The Balaban J connectivity index is 1.80. The number of carbonyl (C=O) groups is 1. The molecule has 126 valence electrons. The van der Waals surface area contributed by atoms with Crippen LogP contribution in [-0.4, -0.2) is 17.9 Å². The molecule has 0 aliphatic carbocycles. The third-order valence-electron chi connectivity index (χ3n) is 3.88. The van der Waals surface area contributed by atoms with E-state index in [1.54, 1.807) is 32.4 Å². The fraction of sp³-hybridized carbons (Fsp3) is 0.143. The van der Waals surface area contributed by atoms with Crippen molar-refractivity contribution in [2.24, 2.45) is 0 Å². The molecule has 0 aliphatic heterocycles. The van der Waals surface area contributed by atoms with E-state index in [0.29, 0.717) is 23.8 Å². The zero-order chi connectivity index (χ0) is 17.6. The maximum atomic E-state index is 11.6. The third-order valence-corrected chi connectivity index (χ3v) is 3.88. The summed E-state index contributed by atoms with van der Waals surface area (Å²) in [6.07, 6.45) is 1.72. The second kappa shape index (κ2) is 7.62. The Kier molecular flexibility index (Phi) is 5.09. The van der Waals surface area contributed by atoms with Crippen LogP contribution >= 0.6 is 0 Å². The molecule has 3 rings (SSSR count). The van der Waals surface area contributed by atoms with E-state index >= 15 is 0 Å². The Bertz CT molecular complexity index is 858. The van der Waals surface area contributed by atoms with E-state index in [2.05, 4.69) is 4.98 Å². The van der Waals surface area contributed by atoms with Gasteiger partial charge >= 0.3 is 0 Å². The quantitative estimate of drug-likeness (QED) is 0.621. The lowest BCUT2D eigenvalue weighted by atomic mass is 10.0. The number of pyridine rings is 1. The monoisotopic (exact) mass is 333 g/mol. The molecule has 0 aliphatic rings. The van der Waals surface area contributed by atoms with Crippen molar-refractivity contribution < 1.29 is 14.3 Å². The first-order valence-corrected chi connectivity index (χ1v) is 7.99. The van der Waals surface area contributed by atoms with Gasteiger partial charge in [0, 0.05) is 29.0 Å². The molecule has 2 aromatic carbocycles. The predicted octanol–water partition coefficient (Wildman–Crippen LogP) is 4.54. The fourth-order valence-electron chi connectivity index (χ4n) is 2.51. The van der Waals surface area contributed by atoms with Gasteiger partial charge in [-0.1, -0.05) is 30.3 Å². The maximum Gasteiger partial charge on any atom is 0.213 e. The molecule has 0 fully saturated rings. The normalized spacial score (nSPS) is 10.3. The molecule has 0 unspecified atom stereocenters. The summed E-state index contributed by atoms with van der Waals surface area (Å²) >= 11 is 0. The van der Waals surface area contributed by atoms with E-state index in [9.17, 15) is 4.79 Å². The van der Waals surface area contributed by atoms with Gasteiger partial charge in [0.1, 0.15) is 12.4 Å². The SMILES string of the molecule is COc1ccc(C(C)=O)cc1-c1ccc(OCc2ccccc2)nc1. The number of carbonyl (C=O) groups excluding carboxylic acids is 1. The van der Waals surface area contributed by atoms with Gasteiger partial charge < -0.3 is 9.47 Å². The largest absolute Gasteiger partial charge is 0.496 e. The number of aromatic nitrogens is 1. The van der Waals surface area contributed by atoms with Crippen molar-refractivity contribution in [2.45, 2.75) is 13.5 Å². The molecule has 0 saturated carbocycles. The van der Waals surface area contributed by atoms with Crippen molar-refractivity contribution in [3.8, 4) is 22.8 Å². The van der Waals surface area contributed by atoms with Gasteiger partial charge in [0.05, 0.1) is 7.11 Å². The fourth-order valence-corrected chi connectivity index (χ4v) is 2.51. The predicted molar refractivity (Wildman–Crippen MR) is 97.0 cm³/mol. The van der Waals surface area contributed by atoms with Crippen LogP contribution in [0.25, 0.3) is 11.1 Å². The lowest BCUT2D eigenvalue weighted by Crippen LogP contribution is -1.98. The van der Waals surface area contributed by atoms with E-state index in [1.165, 1.54) is 0 Å². The maximum absolute atomic E-state index is 11.6. The van der Waals surface area contributed by atoms with Gasteiger partial charge in [-0.05, 0) is 36.8 Å². The van der Waals surface area contributed by atoms with Gasteiger partial charge in [0.15, 0.2) is 5.78 Å². The van der Waals surface area contributed by atoms with E-state index in [4.69, 9.17) is 9.47 Å². The van der Waals surface area contributed by atoms with Gasteiger partial charge in [-0.15, -0.1) is 0 Å². The Labute approximate surface area is 147 Å². The van der Waals surface area contributed by atoms with Crippen LogP contribution in [0.2, 0.25) is 0 Å². The number of ketones is 1. The first kappa shape index (κ1) is 16.7. The second-order valence-corrected chi connectivity index (χ2v) is 5.63. The smallest absolute Gasteiger partial charge is 0.213 e. The minimum absolute atomic E-state index is 0.0136. The van der Waals surface area contributed by atoms with Gasteiger partial charge in [0.2, 0.25) is 5.88 Å². The van der Waals surface area contributed by atoms with E-state index in [0.717, 1.165) is 16.7 Å². The van der Waals surface area contributed by atoms with Crippen LogP contribution in [-0.2, 0) is 6.61 Å². The Morgan fingerprint density at radius 3 is 2.48 bits per heavy atom. The molecule has 0 bridgehead atoms. The summed E-state index contributed by atoms with van der Waals surface area (Å²) in [6.45, 7) is 2.01. The highest BCUT2D eigenvalue weighted by molar-refractivity contribution is 5.96. The van der Waals surface area contributed by atoms with Crippen molar-refractivity contribution in [3.63, 3.8) is 0 Å². The molecule has 1 heterocycles.